The number of amides is 3. The standard InChI is InChI=1S/C21H15N3O4/c25-18(13-24-20(26)15-9-6-12-22-19(15)21(24)27)23-16-10-4-5-11-17(16)28-14-7-2-1-3-8-14/h1-12H,13H2,(H,23,25). The summed E-state index contributed by atoms with van der Waals surface area (Å²) in [7, 11) is 0. The number of benzene rings is 2. The number of pyridine rings is 1. The summed E-state index contributed by atoms with van der Waals surface area (Å²) >= 11 is 0. The Morgan fingerprint density at radius 1 is 0.929 bits per heavy atom. The Hall–Kier alpha value is -4.00. The molecular weight excluding hydrogens is 358 g/mol. The van der Waals surface area contributed by atoms with Crippen molar-refractivity contribution in [2.45, 2.75) is 0 Å². The summed E-state index contributed by atoms with van der Waals surface area (Å²) in [5.41, 5.74) is 0.701. The first-order valence-corrected chi connectivity index (χ1v) is 8.56. The van der Waals surface area contributed by atoms with Crippen LogP contribution in [-0.2, 0) is 4.79 Å². The zero-order valence-corrected chi connectivity index (χ0v) is 14.7. The van der Waals surface area contributed by atoms with E-state index in [9.17, 15) is 14.4 Å². The highest BCUT2D eigenvalue weighted by Gasteiger charge is 2.37. The van der Waals surface area contributed by atoms with Gasteiger partial charge in [0.25, 0.3) is 11.8 Å². The number of imide groups is 1. The van der Waals surface area contributed by atoms with Crippen LogP contribution in [0.4, 0.5) is 5.69 Å². The van der Waals surface area contributed by atoms with Crippen LogP contribution in [0, 0.1) is 0 Å². The smallest absolute Gasteiger partial charge is 0.280 e. The minimum absolute atomic E-state index is 0.0631. The number of para-hydroxylation sites is 3. The van der Waals surface area contributed by atoms with Crippen molar-refractivity contribution in [2.24, 2.45) is 0 Å². The summed E-state index contributed by atoms with van der Waals surface area (Å²) in [6, 6.07) is 19.2. The number of nitrogens with one attached hydrogen (secondary N) is 1. The number of hydrogen-bond acceptors (Lipinski definition) is 5. The molecule has 1 aromatic heterocycles. The quantitative estimate of drug-likeness (QED) is 0.694. The van der Waals surface area contributed by atoms with Crippen LogP contribution in [0.2, 0.25) is 0 Å². The zero-order chi connectivity index (χ0) is 19.5. The summed E-state index contributed by atoms with van der Waals surface area (Å²) in [4.78, 5) is 42.0. The largest absolute Gasteiger partial charge is 0.455 e. The zero-order valence-electron chi connectivity index (χ0n) is 14.7. The maximum Gasteiger partial charge on any atom is 0.280 e. The second-order valence-electron chi connectivity index (χ2n) is 6.06. The van der Waals surface area contributed by atoms with Crippen molar-refractivity contribution in [3.05, 3.63) is 84.2 Å². The van der Waals surface area contributed by atoms with Crippen LogP contribution in [0.25, 0.3) is 0 Å². The molecule has 0 spiro atoms. The van der Waals surface area contributed by atoms with E-state index >= 15 is 0 Å². The molecule has 0 radical (unpaired) electrons. The Kier molecular flexibility index (Phi) is 4.55. The minimum Gasteiger partial charge on any atom is -0.455 e. The van der Waals surface area contributed by atoms with Crippen molar-refractivity contribution in [2.75, 3.05) is 11.9 Å². The first-order valence-electron chi connectivity index (χ1n) is 8.56. The highest BCUT2D eigenvalue weighted by Crippen LogP contribution is 2.29. The number of rotatable bonds is 5. The van der Waals surface area contributed by atoms with E-state index < -0.39 is 24.3 Å². The first-order chi connectivity index (χ1) is 13.6. The van der Waals surface area contributed by atoms with Crippen LogP contribution in [0.15, 0.2) is 72.9 Å². The molecule has 2 aromatic carbocycles. The molecule has 0 atom stereocenters. The molecule has 7 nitrogen and oxygen atoms in total. The van der Waals surface area contributed by atoms with Gasteiger partial charge in [0.05, 0.1) is 11.3 Å². The topological polar surface area (TPSA) is 88.6 Å². The van der Waals surface area contributed by atoms with Gasteiger partial charge in [-0.05, 0) is 36.4 Å². The average molecular weight is 373 g/mol. The second kappa shape index (κ2) is 7.32. The molecule has 1 aliphatic heterocycles. The van der Waals surface area contributed by atoms with Gasteiger partial charge >= 0.3 is 0 Å². The predicted molar refractivity (Wildman–Crippen MR) is 101 cm³/mol. The molecule has 2 heterocycles. The number of fused-ring (bicyclic) bond motifs is 1. The summed E-state index contributed by atoms with van der Waals surface area (Å²) in [5.74, 6) is -0.554. The maximum absolute atomic E-state index is 12.5. The van der Waals surface area contributed by atoms with E-state index in [0.717, 1.165) is 4.90 Å². The highest BCUT2D eigenvalue weighted by molar-refractivity contribution is 6.21. The van der Waals surface area contributed by atoms with Gasteiger partial charge in [-0.3, -0.25) is 24.3 Å². The number of aromatic nitrogens is 1. The molecule has 0 saturated heterocycles. The maximum atomic E-state index is 12.5. The normalized spacial score (nSPS) is 12.6. The third-order valence-corrected chi connectivity index (χ3v) is 4.16. The monoisotopic (exact) mass is 373 g/mol. The number of carbonyl (C=O) groups is 3. The predicted octanol–water partition coefficient (Wildman–Crippen LogP) is 3.11. The highest BCUT2D eigenvalue weighted by atomic mass is 16.5. The molecule has 0 bridgehead atoms. The van der Waals surface area contributed by atoms with Crippen LogP contribution in [0.5, 0.6) is 11.5 Å². The molecule has 0 fully saturated rings. The van der Waals surface area contributed by atoms with Crippen LogP contribution in [-0.4, -0.2) is 34.2 Å². The van der Waals surface area contributed by atoms with E-state index in [1.807, 2.05) is 18.2 Å². The summed E-state index contributed by atoms with van der Waals surface area (Å²) in [6.07, 6.45) is 1.44. The third kappa shape index (κ3) is 3.33. The van der Waals surface area contributed by atoms with Crippen LogP contribution in [0.1, 0.15) is 20.8 Å². The van der Waals surface area contributed by atoms with Crippen molar-refractivity contribution in [1.29, 1.82) is 0 Å². The van der Waals surface area contributed by atoms with Gasteiger partial charge in [-0.1, -0.05) is 30.3 Å². The van der Waals surface area contributed by atoms with Gasteiger partial charge in [-0.25, -0.2) is 0 Å². The number of anilines is 1. The van der Waals surface area contributed by atoms with E-state index in [1.54, 1.807) is 42.5 Å². The Morgan fingerprint density at radius 2 is 1.68 bits per heavy atom. The molecule has 4 rings (SSSR count). The number of ether oxygens (including phenoxy) is 1. The van der Waals surface area contributed by atoms with Crippen molar-refractivity contribution in [3.8, 4) is 11.5 Å². The fourth-order valence-corrected chi connectivity index (χ4v) is 2.87. The molecule has 0 saturated carbocycles. The van der Waals surface area contributed by atoms with E-state index in [1.165, 1.54) is 12.3 Å². The van der Waals surface area contributed by atoms with E-state index in [2.05, 4.69) is 10.3 Å². The van der Waals surface area contributed by atoms with Crippen molar-refractivity contribution < 1.29 is 19.1 Å². The summed E-state index contributed by atoms with van der Waals surface area (Å²) < 4.78 is 5.80. The van der Waals surface area contributed by atoms with Crippen molar-refractivity contribution in [1.82, 2.24) is 9.88 Å². The Labute approximate surface area is 160 Å². The van der Waals surface area contributed by atoms with E-state index in [4.69, 9.17) is 4.74 Å². The van der Waals surface area contributed by atoms with E-state index in [0.29, 0.717) is 17.2 Å². The fraction of sp³-hybridized carbons (Fsp3) is 0.0476. The molecule has 3 amide bonds. The Bertz CT molecular complexity index is 1030. The lowest BCUT2D eigenvalue weighted by Crippen LogP contribution is -2.37. The molecule has 1 aliphatic rings. The van der Waals surface area contributed by atoms with Crippen LogP contribution in [0.3, 0.4) is 0 Å². The lowest BCUT2D eigenvalue weighted by Gasteiger charge is -2.15. The molecule has 1 N–H and O–H groups in total. The third-order valence-electron chi connectivity index (χ3n) is 4.16. The van der Waals surface area contributed by atoms with Gasteiger partial charge in [0.15, 0.2) is 5.75 Å². The first kappa shape index (κ1) is 17.4. The molecule has 3 aromatic rings. The van der Waals surface area contributed by atoms with E-state index in [-0.39, 0.29) is 11.3 Å². The van der Waals surface area contributed by atoms with Gasteiger partial charge in [0.1, 0.15) is 18.0 Å². The molecule has 0 aliphatic carbocycles. The van der Waals surface area contributed by atoms with Crippen LogP contribution >= 0.6 is 0 Å². The lowest BCUT2D eigenvalue weighted by atomic mass is 10.2. The number of carbonyl (C=O) groups excluding carboxylic acids is 3. The van der Waals surface area contributed by atoms with Gasteiger partial charge < -0.3 is 10.1 Å². The minimum atomic E-state index is -0.579. The molecular formula is C21H15N3O4. The molecule has 0 unspecified atom stereocenters. The fourth-order valence-electron chi connectivity index (χ4n) is 2.87. The summed E-state index contributed by atoms with van der Waals surface area (Å²) in [5, 5.41) is 2.70. The number of nitrogens with zero attached hydrogens (tertiary/aromatic N) is 2. The van der Waals surface area contributed by atoms with Crippen molar-refractivity contribution in [3.63, 3.8) is 0 Å². The molecule has 7 heteroatoms. The van der Waals surface area contributed by atoms with Gasteiger partial charge in [-0.2, -0.15) is 0 Å². The Morgan fingerprint density at radius 3 is 2.46 bits per heavy atom. The van der Waals surface area contributed by atoms with Crippen LogP contribution < -0.4 is 10.1 Å². The van der Waals surface area contributed by atoms with Gasteiger partial charge in [0.2, 0.25) is 5.91 Å². The summed E-state index contributed by atoms with van der Waals surface area (Å²) in [6.45, 7) is -0.409. The van der Waals surface area contributed by atoms with Gasteiger partial charge in [0, 0.05) is 6.20 Å². The second-order valence-corrected chi connectivity index (χ2v) is 6.06. The number of hydrogen-bond donors (Lipinski definition) is 1. The average Bonchev–Trinajstić information content (AvgIpc) is 2.95. The van der Waals surface area contributed by atoms with Gasteiger partial charge in [-0.15, -0.1) is 0 Å². The Balaban J connectivity index is 1.48. The van der Waals surface area contributed by atoms with Crippen molar-refractivity contribution >= 4 is 23.4 Å². The molecule has 138 valence electrons. The SMILES string of the molecule is O=C(CN1C(=O)c2cccnc2C1=O)Nc1ccccc1Oc1ccccc1. The lowest BCUT2D eigenvalue weighted by molar-refractivity contribution is -0.116. The molecule has 28 heavy (non-hydrogen) atoms.